The summed E-state index contributed by atoms with van der Waals surface area (Å²) in [6.45, 7) is 0. The van der Waals surface area contributed by atoms with Crippen LogP contribution in [0, 0.1) is 22.7 Å². The molecule has 8 nitrogen and oxygen atoms in total. The topological polar surface area (TPSA) is 127 Å². The number of aromatic nitrogens is 1. The average molecular weight is 417 g/mol. The van der Waals surface area contributed by atoms with Crippen molar-refractivity contribution in [2.24, 2.45) is 0 Å². The fourth-order valence-corrected chi connectivity index (χ4v) is 3.80. The Balaban J connectivity index is 1.84. The second-order valence-corrected chi connectivity index (χ2v) is 8.13. The summed E-state index contributed by atoms with van der Waals surface area (Å²) in [7, 11) is -2.54. The highest BCUT2D eigenvalue weighted by Gasteiger charge is 2.22. The number of carbonyl (C=O) groups excluding carboxylic acids is 1. The first-order chi connectivity index (χ1) is 14.3. The third kappa shape index (κ3) is 4.27. The number of rotatable bonds is 5. The van der Waals surface area contributed by atoms with Gasteiger partial charge < -0.3 is 5.32 Å². The molecule has 0 aliphatic heterocycles. The van der Waals surface area contributed by atoms with E-state index >= 15 is 0 Å². The van der Waals surface area contributed by atoms with Gasteiger partial charge in [0.1, 0.15) is 11.9 Å². The molecule has 9 heteroatoms. The second kappa shape index (κ2) is 8.43. The van der Waals surface area contributed by atoms with Crippen LogP contribution in [0.2, 0.25) is 0 Å². The number of anilines is 2. The average Bonchev–Trinajstić information content (AvgIpc) is 2.79. The molecule has 1 N–H and O–H groups in total. The van der Waals surface area contributed by atoms with Crippen LogP contribution in [0.1, 0.15) is 21.5 Å². The molecule has 0 saturated carbocycles. The van der Waals surface area contributed by atoms with Crippen molar-refractivity contribution in [3.8, 4) is 12.1 Å². The van der Waals surface area contributed by atoms with Crippen LogP contribution < -0.4 is 9.62 Å². The third-order valence-corrected chi connectivity index (χ3v) is 6.03. The molecular weight excluding hydrogens is 402 g/mol. The molecule has 0 aliphatic rings. The lowest BCUT2D eigenvalue weighted by molar-refractivity contribution is 0.102. The normalized spacial score (nSPS) is 10.5. The Morgan fingerprint density at radius 1 is 1.00 bits per heavy atom. The van der Waals surface area contributed by atoms with Crippen LogP contribution in [0.3, 0.4) is 0 Å². The van der Waals surface area contributed by atoms with Gasteiger partial charge in [-0.3, -0.25) is 9.10 Å². The van der Waals surface area contributed by atoms with Crippen LogP contribution in [0.25, 0.3) is 0 Å². The second-order valence-electron chi connectivity index (χ2n) is 6.16. The van der Waals surface area contributed by atoms with Crippen molar-refractivity contribution in [2.45, 2.75) is 4.90 Å². The van der Waals surface area contributed by atoms with Crippen molar-refractivity contribution in [3.05, 3.63) is 83.6 Å². The lowest BCUT2D eigenvalue weighted by Gasteiger charge is -2.20. The molecule has 3 aromatic rings. The first-order valence-electron chi connectivity index (χ1n) is 8.62. The van der Waals surface area contributed by atoms with E-state index in [2.05, 4.69) is 10.3 Å². The molecule has 0 spiro atoms. The smallest absolute Gasteiger partial charge is 0.264 e. The van der Waals surface area contributed by atoms with E-state index in [9.17, 15) is 13.2 Å². The molecule has 1 amide bonds. The van der Waals surface area contributed by atoms with Crippen molar-refractivity contribution in [1.29, 1.82) is 10.5 Å². The van der Waals surface area contributed by atoms with Crippen molar-refractivity contribution in [1.82, 2.24) is 4.98 Å². The lowest BCUT2D eigenvalue weighted by atomic mass is 10.2. The number of amides is 1. The first kappa shape index (κ1) is 20.5. The maximum Gasteiger partial charge on any atom is 0.264 e. The van der Waals surface area contributed by atoms with Crippen LogP contribution in [0.4, 0.5) is 11.5 Å². The minimum Gasteiger partial charge on any atom is -0.307 e. The first-order valence-corrected chi connectivity index (χ1v) is 10.1. The molecule has 0 fully saturated rings. The Bertz CT molecular complexity index is 1270. The third-order valence-electron chi connectivity index (χ3n) is 4.25. The standard InChI is InChI=1S/C21H15N5O3S/c1-26(18-8-5-15(12-22)6-9-18)30(28,29)19-4-2-3-17(11-19)21(27)25-20-10-7-16(13-23)14-24-20/h2-11,14H,1H3,(H,24,25,27). The van der Waals surface area contributed by atoms with E-state index in [4.69, 9.17) is 10.5 Å². The molecule has 30 heavy (non-hydrogen) atoms. The van der Waals surface area contributed by atoms with Crippen molar-refractivity contribution < 1.29 is 13.2 Å². The van der Waals surface area contributed by atoms with E-state index in [-0.39, 0.29) is 16.3 Å². The molecule has 0 bridgehead atoms. The van der Waals surface area contributed by atoms with Gasteiger partial charge in [0, 0.05) is 18.8 Å². The molecule has 148 valence electrons. The molecule has 1 heterocycles. The Hall–Kier alpha value is -4.21. The molecule has 0 saturated heterocycles. The summed E-state index contributed by atoms with van der Waals surface area (Å²) < 4.78 is 27.0. The van der Waals surface area contributed by atoms with E-state index in [1.807, 2.05) is 12.1 Å². The van der Waals surface area contributed by atoms with Gasteiger partial charge in [-0.05, 0) is 54.6 Å². The summed E-state index contributed by atoms with van der Waals surface area (Å²) in [4.78, 5) is 16.4. The fourth-order valence-electron chi connectivity index (χ4n) is 2.56. The fraction of sp³-hybridized carbons (Fsp3) is 0.0476. The van der Waals surface area contributed by atoms with Gasteiger partial charge in [-0.2, -0.15) is 10.5 Å². The van der Waals surface area contributed by atoms with Crippen LogP contribution in [-0.4, -0.2) is 26.4 Å². The molecule has 0 atom stereocenters. The Labute approximate surface area is 173 Å². The highest BCUT2D eigenvalue weighted by atomic mass is 32.2. The van der Waals surface area contributed by atoms with E-state index in [1.54, 1.807) is 0 Å². The number of benzene rings is 2. The van der Waals surface area contributed by atoms with Crippen molar-refractivity contribution in [2.75, 3.05) is 16.7 Å². The minimum absolute atomic E-state index is 0.0604. The summed E-state index contributed by atoms with van der Waals surface area (Å²) >= 11 is 0. The van der Waals surface area contributed by atoms with Crippen LogP contribution in [-0.2, 0) is 10.0 Å². The quantitative estimate of drug-likeness (QED) is 0.680. The maximum absolute atomic E-state index is 13.0. The zero-order valence-electron chi connectivity index (χ0n) is 15.8. The summed E-state index contributed by atoms with van der Waals surface area (Å²) in [5.41, 5.74) is 1.28. The number of carbonyl (C=O) groups is 1. The van der Waals surface area contributed by atoms with Gasteiger partial charge in [-0.1, -0.05) is 6.07 Å². The summed E-state index contributed by atoms with van der Waals surface area (Å²) in [6.07, 6.45) is 1.32. The monoisotopic (exact) mass is 417 g/mol. The number of hydrogen-bond acceptors (Lipinski definition) is 6. The molecule has 3 rings (SSSR count). The van der Waals surface area contributed by atoms with Gasteiger partial charge in [0.2, 0.25) is 0 Å². The highest BCUT2D eigenvalue weighted by Crippen LogP contribution is 2.23. The zero-order valence-corrected chi connectivity index (χ0v) is 16.6. The number of nitriles is 2. The predicted octanol–water partition coefficient (Wildman–Crippen LogP) is 2.90. The molecule has 2 aromatic carbocycles. The van der Waals surface area contributed by atoms with Crippen LogP contribution >= 0.6 is 0 Å². The van der Waals surface area contributed by atoms with Gasteiger partial charge in [0.25, 0.3) is 15.9 Å². The maximum atomic E-state index is 13.0. The SMILES string of the molecule is CN(c1ccc(C#N)cc1)S(=O)(=O)c1cccc(C(=O)Nc2ccc(C#N)cn2)c1. The Kier molecular flexibility index (Phi) is 5.77. The van der Waals surface area contributed by atoms with Crippen LogP contribution in [0.15, 0.2) is 71.8 Å². The summed E-state index contributed by atoms with van der Waals surface area (Å²) in [5, 5.41) is 20.2. The molecule has 0 radical (unpaired) electrons. The Morgan fingerprint density at radius 3 is 2.27 bits per heavy atom. The number of nitrogens with zero attached hydrogens (tertiary/aromatic N) is 4. The summed E-state index contributed by atoms with van der Waals surface area (Å²) in [5.74, 6) is -0.299. The van der Waals surface area contributed by atoms with Crippen molar-refractivity contribution in [3.63, 3.8) is 0 Å². The van der Waals surface area contributed by atoms with E-state index in [0.29, 0.717) is 16.8 Å². The van der Waals surface area contributed by atoms with Gasteiger partial charge in [-0.15, -0.1) is 0 Å². The largest absolute Gasteiger partial charge is 0.307 e. The Morgan fingerprint density at radius 2 is 1.67 bits per heavy atom. The van der Waals surface area contributed by atoms with Gasteiger partial charge in [-0.25, -0.2) is 13.4 Å². The minimum atomic E-state index is -3.93. The number of hydrogen-bond donors (Lipinski definition) is 1. The van der Waals surface area contributed by atoms with Gasteiger partial charge in [0.05, 0.1) is 27.8 Å². The van der Waals surface area contributed by atoms with Gasteiger partial charge >= 0.3 is 0 Å². The highest BCUT2D eigenvalue weighted by molar-refractivity contribution is 7.92. The zero-order chi connectivity index (χ0) is 21.7. The predicted molar refractivity (Wildman–Crippen MR) is 110 cm³/mol. The van der Waals surface area contributed by atoms with E-state index < -0.39 is 15.9 Å². The molecule has 1 aromatic heterocycles. The number of sulfonamides is 1. The molecule has 0 aliphatic carbocycles. The summed E-state index contributed by atoms with van der Waals surface area (Å²) in [6, 6.07) is 18.6. The van der Waals surface area contributed by atoms with Crippen molar-refractivity contribution >= 4 is 27.4 Å². The van der Waals surface area contributed by atoms with E-state index in [0.717, 1.165) is 4.31 Å². The van der Waals surface area contributed by atoms with Crippen LogP contribution in [0.5, 0.6) is 0 Å². The molecule has 0 unspecified atom stereocenters. The molecular formula is C21H15N5O3S. The lowest BCUT2D eigenvalue weighted by Crippen LogP contribution is -2.27. The van der Waals surface area contributed by atoms with E-state index in [1.165, 1.54) is 73.9 Å². The van der Waals surface area contributed by atoms with Gasteiger partial charge in [0.15, 0.2) is 0 Å². The number of pyridine rings is 1. The number of nitrogens with one attached hydrogen (secondary N) is 1.